The molecule has 0 saturated heterocycles. The number of aliphatic hydroxyl groups is 1. The van der Waals surface area contributed by atoms with Crippen LogP contribution in [-0.4, -0.2) is 20.2 Å². The normalized spacial score (nSPS) is 26.6. The lowest BCUT2D eigenvalue weighted by atomic mass is 10.3. The third kappa shape index (κ3) is 1.53. The van der Waals surface area contributed by atoms with Crippen molar-refractivity contribution in [3.05, 3.63) is 11.4 Å². The Labute approximate surface area is 85.0 Å². The SMILES string of the molecule is OC1([P+](O)(O)C2=CCCC2)CCCC1. The van der Waals surface area contributed by atoms with Crippen molar-refractivity contribution in [3.8, 4) is 0 Å². The van der Waals surface area contributed by atoms with Gasteiger partial charge >= 0.3 is 7.72 Å². The Bertz CT molecular complexity index is 254. The van der Waals surface area contributed by atoms with E-state index >= 15 is 0 Å². The van der Waals surface area contributed by atoms with Crippen LogP contribution in [0.3, 0.4) is 0 Å². The molecule has 0 aromatic rings. The molecule has 1 fully saturated rings. The lowest BCUT2D eigenvalue weighted by Crippen LogP contribution is -2.28. The molecule has 0 amide bonds. The van der Waals surface area contributed by atoms with Crippen LogP contribution in [0.5, 0.6) is 0 Å². The van der Waals surface area contributed by atoms with Gasteiger partial charge in [0.2, 0.25) is 5.34 Å². The van der Waals surface area contributed by atoms with Crippen molar-refractivity contribution in [2.24, 2.45) is 0 Å². The summed E-state index contributed by atoms with van der Waals surface area (Å²) in [4.78, 5) is 20.2. The quantitative estimate of drug-likeness (QED) is 0.621. The summed E-state index contributed by atoms with van der Waals surface area (Å²) < 4.78 is 0. The second kappa shape index (κ2) is 3.57. The Balaban J connectivity index is 2.21. The van der Waals surface area contributed by atoms with E-state index in [-0.39, 0.29) is 0 Å². The molecule has 2 aliphatic carbocycles. The van der Waals surface area contributed by atoms with Crippen molar-refractivity contribution in [1.82, 2.24) is 0 Å². The summed E-state index contributed by atoms with van der Waals surface area (Å²) in [5.41, 5.74) is 0. The van der Waals surface area contributed by atoms with Crippen LogP contribution in [0.4, 0.5) is 0 Å². The average molecular weight is 217 g/mol. The molecular weight excluding hydrogens is 199 g/mol. The molecule has 14 heavy (non-hydrogen) atoms. The molecule has 0 atom stereocenters. The van der Waals surface area contributed by atoms with E-state index < -0.39 is 13.1 Å². The molecule has 0 aromatic heterocycles. The Kier molecular flexibility index (Phi) is 2.69. The summed E-state index contributed by atoms with van der Waals surface area (Å²) in [6, 6.07) is 0. The Morgan fingerprint density at radius 3 is 2.29 bits per heavy atom. The van der Waals surface area contributed by atoms with Gasteiger partial charge in [-0.25, -0.2) is 9.79 Å². The highest BCUT2D eigenvalue weighted by Crippen LogP contribution is 2.73. The van der Waals surface area contributed by atoms with Crippen LogP contribution in [0.1, 0.15) is 44.9 Å². The average Bonchev–Trinajstić information content (AvgIpc) is 2.73. The van der Waals surface area contributed by atoms with E-state index in [1.54, 1.807) is 0 Å². The van der Waals surface area contributed by atoms with E-state index in [9.17, 15) is 14.9 Å². The monoisotopic (exact) mass is 217 g/mol. The molecule has 0 aromatic carbocycles. The van der Waals surface area contributed by atoms with Crippen molar-refractivity contribution in [3.63, 3.8) is 0 Å². The van der Waals surface area contributed by atoms with Crippen LogP contribution in [0, 0.1) is 0 Å². The Morgan fingerprint density at radius 2 is 1.79 bits per heavy atom. The minimum absolute atomic E-state index is 0.547. The summed E-state index contributed by atoms with van der Waals surface area (Å²) >= 11 is 0. The highest BCUT2D eigenvalue weighted by atomic mass is 31.2. The van der Waals surface area contributed by atoms with E-state index in [4.69, 9.17) is 0 Å². The first-order chi connectivity index (χ1) is 6.56. The molecule has 0 heterocycles. The molecule has 0 unspecified atom stereocenters. The lowest BCUT2D eigenvalue weighted by molar-refractivity contribution is 0.109. The first kappa shape index (κ1) is 10.6. The van der Waals surface area contributed by atoms with Crippen molar-refractivity contribution in [2.45, 2.75) is 50.3 Å². The van der Waals surface area contributed by atoms with Crippen molar-refractivity contribution in [2.75, 3.05) is 0 Å². The van der Waals surface area contributed by atoms with Crippen LogP contribution in [0.2, 0.25) is 0 Å². The zero-order valence-corrected chi connectivity index (χ0v) is 9.21. The van der Waals surface area contributed by atoms with Crippen LogP contribution >= 0.6 is 7.72 Å². The molecule has 3 nitrogen and oxygen atoms in total. The second-order valence-corrected chi connectivity index (χ2v) is 6.99. The predicted octanol–water partition coefficient (Wildman–Crippen LogP) is 2.15. The number of hydrogen-bond donors (Lipinski definition) is 3. The van der Waals surface area contributed by atoms with Gasteiger partial charge < -0.3 is 5.11 Å². The summed E-state index contributed by atoms with van der Waals surface area (Å²) in [5, 5.41) is 9.72. The molecule has 2 aliphatic rings. The molecule has 0 aliphatic heterocycles. The van der Waals surface area contributed by atoms with Crippen molar-refractivity contribution >= 4 is 7.72 Å². The van der Waals surface area contributed by atoms with E-state index in [0.717, 1.165) is 37.4 Å². The Morgan fingerprint density at radius 1 is 1.14 bits per heavy atom. The number of hydrogen-bond acceptors (Lipinski definition) is 3. The molecule has 0 bridgehead atoms. The van der Waals surface area contributed by atoms with Crippen LogP contribution < -0.4 is 0 Å². The van der Waals surface area contributed by atoms with Gasteiger partial charge in [-0.3, -0.25) is 0 Å². The van der Waals surface area contributed by atoms with Gasteiger partial charge in [0, 0.05) is 19.3 Å². The maximum absolute atomic E-state index is 10.2. The van der Waals surface area contributed by atoms with Gasteiger partial charge in [0.05, 0.1) is 0 Å². The molecule has 80 valence electrons. The summed E-state index contributed by atoms with van der Waals surface area (Å²) in [5.74, 6) is 0. The summed E-state index contributed by atoms with van der Waals surface area (Å²) in [6.45, 7) is 0. The zero-order valence-electron chi connectivity index (χ0n) is 8.32. The minimum Gasteiger partial charge on any atom is -0.352 e. The van der Waals surface area contributed by atoms with Crippen LogP contribution in [0.15, 0.2) is 11.4 Å². The largest absolute Gasteiger partial charge is 0.352 e. The van der Waals surface area contributed by atoms with E-state index in [2.05, 4.69) is 0 Å². The highest BCUT2D eigenvalue weighted by molar-refractivity contribution is 7.70. The summed E-state index contributed by atoms with van der Waals surface area (Å²) in [6.07, 6.45) is 7.49. The molecule has 0 spiro atoms. The first-order valence-corrected chi connectivity index (χ1v) is 7.02. The van der Waals surface area contributed by atoms with Gasteiger partial charge in [-0.15, -0.1) is 0 Å². The number of rotatable bonds is 2. The maximum Gasteiger partial charge on any atom is 0.328 e. The molecule has 4 heteroatoms. The predicted molar refractivity (Wildman–Crippen MR) is 56.7 cm³/mol. The highest BCUT2D eigenvalue weighted by Gasteiger charge is 2.61. The smallest absolute Gasteiger partial charge is 0.328 e. The zero-order chi connectivity index (χ0) is 10.2. The standard InChI is InChI=1S/C10H18O3P/c11-10(7-3-4-8-10)14(12,13)9-5-1-2-6-9/h5,11-13H,1-4,6-8H2/q+1. The molecule has 3 N–H and O–H groups in total. The summed E-state index contributed by atoms with van der Waals surface area (Å²) in [7, 11) is -3.23. The van der Waals surface area contributed by atoms with Gasteiger partial charge in [0.25, 0.3) is 0 Å². The molecule has 2 rings (SSSR count). The minimum atomic E-state index is -3.23. The topological polar surface area (TPSA) is 60.7 Å². The molecule has 1 saturated carbocycles. The van der Waals surface area contributed by atoms with Gasteiger partial charge in [0.15, 0.2) is 0 Å². The molecular formula is C10H18O3P+. The van der Waals surface area contributed by atoms with Gasteiger partial charge in [-0.1, -0.05) is 0 Å². The fourth-order valence-electron chi connectivity index (χ4n) is 2.46. The van der Waals surface area contributed by atoms with Crippen LogP contribution in [-0.2, 0) is 0 Å². The third-order valence-corrected chi connectivity index (χ3v) is 6.22. The third-order valence-electron chi connectivity index (χ3n) is 3.40. The van der Waals surface area contributed by atoms with Gasteiger partial charge in [0.1, 0.15) is 5.31 Å². The van der Waals surface area contributed by atoms with Crippen LogP contribution in [0.25, 0.3) is 0 Å². The fourth-order valence-corrected chi connectivity index (χ4v) is 4.79. The molecule has 0 radical (unpaired) electrons. The van der Waals surface area contributed by atoms with Gasteiger partial charge in [-0.05, 0) is 31.8 Å². The van der Waals surface area contributed by atoms with Gasteiger partial charge in [-0.2, -0.15) is 0 Å². The fraction of sp³-hybridized carbons (Fsp3) is 0.800. The van der Waals surface area contributed by atoms with Crippen molar-refractivity contribution < 1.29 is 14.9 Å². The number of allylic oxidation sites excluding steroid dienone is 2. The van der Waals surface area contributed by atoms with Crippen molar-refractivity contribution in [1.29, 1.82) is 0 Å². The van der Waals surface area contributed by atoms with E-state index in [0.29, 0.717) is 12.8 Å². The second-order valence-electron chi connectivity index (χ2n) is 4.38. The lowest BCUT2D eigenvalue weighted by Gasteiger charge is -2.27. The van der Waals surface area contributed by atoms with E-state index in [1.165, 1.54) is 0 Å². The first-order valence-electron chi connectivity index (χ1n) is 5.33. The maximum atomic E-state index is 10.2. The van der Waals surface area contributed by atoms with E-state index in [1.807, 2.05) is 6.08 Å². The Hall–Kier alpha value is 0.0500.